The zero-order valence-electron chi connectivity index (χ0n) is 12.1. The lowest BCUT2D eigenvalue weighted by Gasteiger charge is -2.42. The predicted molar refractivity (Wildman–Crippen MR) is 75.1 cm³/mol. The maximum atomic E-state index is 13.5. The van der Waals surface area contributed by atoms with Crippen molar-refractivity contribution in [1.29, 1.82) is 0 Å². The summed E-state index contributed by atoms with van der Waals surface area (Å²) in [6.45, 7) is 12.2. The van der Waals surface area contributed by atoms with Gasteiger partial charge in [-0.2, -0.15) is 0 Å². The van der Waals surface area contributed by atoms with Crippen LogP contribution in [0.2, 0.25) is 0 Å². The minimum atomic E-state index is -0.212. The molecule has 1 unspecified atom stereocenters. The molecule has 0 saturated carbocycles. The second-order valence-corrected chi connectivity index (χ2v) is 5.37. The maximum Gasteiger partial charge on any atom is 0.123 e. The molecule has 0 aromatic heterocycles. The molecule has 0 radical (unpaired) electrons. The van der Waals surface area contributed by atoms with Gasteiger partial charge in [-0.3, -0.25) is 4.90 Å². The molecule has 2 N–H and O–H groups in total. The van der Waals surface area contributed by atoms with E-state index < -0.39 is 0 Å². The van der Waals surface area contributed by atoms with E-state index in [1.165, 1.54) is 6.07 Å². The molecule has 0 amide bonds. The number of nitrogens with zero attached hydrogens (tertiary/aromatic N) is 1. The highest BCUT2D eigenvalue weighted by molar-refractivity contribution is 5.28. The minimum absolute atomic E-state index is 0.191. The van der Waals surface area contributed by atoms with Crippen LogP contribution in [0.3, 0.4) is 0 Å². The van der Waals surface area contributed by atoms with Crippen molar-refractivity contribution in [3.05, 3.63) is 35.1 Å². The van der Waals surface area contributed by atoms with Crippen molar-refractivity contribution in [1.82, 2.24) is 4.90 Å². The Morgan fingerprint density at radius 2 is 1.78 bits per heavy atom. The number of benzene rings is 1. The average Bonchev–Trinajstić information content (AvgIpc) is 2.27. The first-order chi connectivity index (χ1) is 8.32. The molecule has 0 saturated heterocycles. The predicted octanol–water partition coefficient (Wildman–Crippen LogP) is 3.25. The topological polar surface area (TPSA) is 29.3 Å². The molecule has 0 aliphatic heterocycles. The molecule has 1 aromatic rings. The summed E-state index contributed by atoms with van der Waals surface area (Å²) in [6.07, 6.45) is 0. The Bertz CT molecular complexity index is 377. The summed E-state index contributed by atoms with van der Waals surface area (Å²) in [5, 5.41) is 0. The Labute approximate surface area is 110 Å². The second-order valence-electron chi connectivity index (χ2n) is 5.37. The van der Waals surface area contributed by atoms with Gasteiger partial charge in [0.2, 0.25) is 0 Å². The summed E-state index contributed by atoms with van der Waals surface area (Å²) in [7, 11) is 0. The Kier molecular flexibility index (Phi) is 4.88. The molecule has 1 aromatic carbocycles. The fourth-order valence-corrected chi connectivity index (χ4v) is 2.59. The number of rotatable bonds is 5. The molecule has 1 atom stereocenters. The zero-order valence-corrected chi connectivity index (χ0v) is 12.1. The molecular weight excluding hydrogens is 227 g/mol. The third-order valence-corrected chi connectivity index (χ3v) is 3.76. The number of halogens is 1. The normalized spacial score (nSPS) is 14.0. The zero-order chi connectivity index (χ0) is 13.9. The number of nitrogens with two attached hydrogens (primary N) is 1. The quantitative estimate of drug-likeness (QED) is 0.871. The van der Waals surface area contributed by atoms with E-state index in [9.17, 15) is 4.39 Å². The van der Waals surface area contributed by atoms with Crippen LogP contribution in [0.1, 0.15) is 44.9 Å². The molecular formula is C15H25FN2. The summed E-state index contributed by atoms with van der Waals surface area (Å²) in [4.78, 5) is 2.30. The van der Waals surface area contributed by atoms with Gasteiger partial charge < -0.3 is 5.73 Å². The van der Waals surface area contributed by atoms with Crippen LogP contribution in [0.25, 0.3) is 0 Å². The lowest BCUT2D eigenvalue weighted by atomic mass is 9.87. The van der Waals surface area contributed by atoms with Crippen LogP contribution in [0.5, 0.6) is 0 Å². The standard InChI is InChI=1S/C15H25FN2/c1-6-18(7-2)15(4,5)14(17)12-8-11(3)9-13(16)10-12/h8-10,14H,6-7,17H2,1-5H3. The largest absolute Gasteiger partial charge is 0.322 e. The molecule has 0 heterocycles. The van der Waals surface area contributed by atoms with Crippen LogP contribution in [-0.4, -0.2) is 23.5 Å². The summed E-state index contributed by atoms with van der Waals surface area (Å²) < 4.78 is 13.5. The van der Waals surface area contributed by atoms with Crippen LogP contribution in [-0.2, 0) is 0 Å². The van der Waals surface area contributed by atoms with E-state index in [1.54, 1.807) is 6.07 Å². The van der Waals surface area contributed by atoms with E-state index in [0.29, 0.717) is 0 Å². The Balaban J connectivity index is 3.08. The van der Waals surface area contributed by atoms with Gasteiger partial charge in [-0.25, -0.2) is 4.39 Å². The van der Waals surface area contributed by atoms with Gasteiger partial charge in [0.1, 0.15) is 5.82 Å². The molecule has 0 fully saturated rings. The van der Waals surface area contributed by atoms with Gasteiger partial charge in [-0.1, -0.05) is 19.9 Å². The van der Waals surface area contributed by atoms with E-state index in [0.717, 1.165) is 24.2 Å². The molecule has 1 rings (SSSR count). The Morgan fingerprint density at radius 1 is 1.22 bits per heavy atom. The first-order valence-electron chi connectivity index (χ1n) is 6.60. The highest BCUT2D eigenvalue weighted by atomic mass is 19.1. The van der Waals surface area contributed by atoms with E-state index in [-0.39, 0.29) is 17.4 Å². The third-order valence-electron chi connectivity index (χ3n) is 3.76. The summed E-state index contributed by atoms with van der Waals surface area (Å²) in [6, 6.07) is 4.84. The monoisotopic (exact) mass is 252 g/mol. The van der Waals surface area contributed by atoms with Gasteiger partial charge in [-0.05, 0) is 57.1 Å². The van der Waals surface area contributed by atoms with Gasteiger partial charge in [0, 0.05) is 11.6 Å². The maximum absolute atomic E-state index is 13.5. The summed E-state index contributed by atoms with van der Waals surface area (Å²) in [5.74, 6) is -0.212. The van der Waals surface area contributed by atoms with Crippen molar-refractivity contribution < 1.29 is 4.39 Å². The lowest BCUT2D eigenvalue weighted by molar-refractivity contribution is 0.107. The van der Waals surface area contributed by atoms with E-state index >= 15 is 0 Å². The molecule has 18 heavy (non-hydrogen) atoms. The van der Waals surface area contributed by atoms with Crippen molar-refractivity contribution in [3.8, 4) is 0 Å². The summed E-state index contributed by atoms with van der Waals surface area (Å²) in [5.41, 5.74) is 7.94. The van der Waals surface area contributed by atoms with Gasteiger partial charge in [0.05, 0.1) is 0 Å². The minimum Gasteiger partial charge on any atom is -0.322 e. The molecule has 2 nitrogen and oxygen atoms in total. The Hall–Kier alpha value is -0.930. The van der Waals surface area contributed by atoms with Crippen molar-refractivity contribution >= 4 is 0 Å². The number of hydrogen-bond donors (Lipinski definition) is 1. The highest BCUT2D eigenvalue weighted by Gasteiger charge is 2.32. The fraction of sp³-hybridized carbons (Fsp3) is 0.600. The Morgan fingerprint density at radius 3 is 2.22 bits per heavy atom. The van der Waals surface area contributed by atoms with Gasteiger partial charge in [-0.15, -0.1) is 0 Å². The van der Waals surface area contributed by atoms with Crippen LogP contribution in [0.4, 0.5) is 4.39 Å². The van der Waals surface area contributed by atoms with E-state index in [1.807, 2.05) is 13.0 Å². The second kappa shape index (κ2) is 5.81. The molecule has 0 aliphatic rings. The first-order valence-corrected chi connectivity index (χ1v) is 6.60. The van der Waals surface area contributed by atoms with E-state index in [4.69, 9.17) is 5.73 Å². The van der Waals surface area contributed by atoms with Crippen LogP contribution in [0.15, 0.2) is 18.2 Å². The molecule has 0 spiro atoms. The van der Waals surface area contributed by atoms with Crippen LogP contribution < -0.4 is 5.73 Å². The van der Waals surface area contributed by atoms with Crippen molar-refractivity contribution in [3.63, 3.8) is 0 Å². The van der Waals surface area contributed by atoms with Crippen LogP contribution >= 0.6 is 0 Å². The average molecular weight is 252 g/mol. The van der Waals surface area contributed by atoms with Gasteiger partial charge >= 0.3 is 0 Å². The molecule has 0 bridgehead atoms. The highest BCUT2D eigenvalue weighted by Crippen LogP contribution is 2.29. The molecule has 0 aliphatic carbocycles. The fourth-order valence-electron chi connectivity index (χ4n) is 2.59. The lowest BCUT2D eigenvalue weighted by Crippen LogP contribution is -2.51. The van der Waals surface area contributed by atoms with Crippen molar-refractivity contribution in [2.75, 3.05) is 13.1 Å². The van der Waals surface area contributed by atoms with Crippen molar-refractivity contribution in [2.24, 2.45) is 5.73 Å². The number of hydrogen-bond acceptors (Lipinski definition) is 2. The van der Waals surface area contributed by atoms with Crippen molar-refractivity contribution in [2.45, 2.75) is 46.2 Å². The third kappa shape index (κ3) is 3.09. The van der Waals surface area contributed by atoms with Gasteiger partial charge in [0.15, 0.2) is 0 Å². The summed E-state index contributed by atoms with van der Waals surface area (Å²) >= 11 is 0. The first kappa shape index (κ1) is 15.1. The van der Waals surface area contributed by atoms with Gasteiger partial charge in [0.25, 0.3) is 0 Å². The smallest absolute Gasteiger partial charge is 0.123 e. The number of likely N-dealkylation sites (N-methyl/N-ethyl adjacent to an activating group) is 1. The molecule has 3 heteroatoms. The molecule has 102 valence electrons. The van der Waals surface area contributed by atoms with Crippen LogP contribution in [0, 0.1) is 12.7 Å². The number of aryl methyl sites for hydroxylation is 1. The van der Waals surface area contributed by atoms with E-state index in [2.05, 4.69) is 32.6 Å². The SMILES string of the molecule is CCN(CC)C(C)(C)C(N)c1cc(C)cc(F)c1.